The molecule has 1 aliphatic heterocycles. The van der Waals surface area contributed by atoms with Crippen molar-refractivity contribution < 1.29 is 19.1 Å². The lowest BCUT2D eigenvalue weighted by atomic mass is 9.77. The van der Waals surface area contributed by atoms with Gasteiger partial charge in [0.05, 0.1) is 7.11 Å². The Kier molecular flexibility index (Phi) is 5.25. The van der Waals surface area contributed by atoms with Gasteiger partial charge >= 0.3 is 5.97 Å². The summed E-state index contributed by atoms with van der Waals surface area (Å²) in [5.41, 5.74) is 0.538. The summed E-state index contributed by atoms with van der Waals surface area (Å²) in [5, 5.41) is 2.98. The van der Waals surface area contributed by atoms with Crippen LogP contribution in [0.2, 0.25) is 0 Å². The number of nitrogens with one attached hydrogen (secondary N) is 1. The van der Waals surface area contributed by atoms with Crippen molar-refractivity contribution >= 4 is 28.6 Å². The first-order chi connectivity index (χ1) is 12.0. The molecule has 3 aliphatic rings. The topological polar surface area (TPSA) is 72.5 Å². The zero-order valence-electron chi connectivity index (χ0n) is 14.2. The second kappa shape index (κ2) is 7.26. The van der Waals surface area contributed by atoms with Crippen LogP contribution in [0.25, 0.3) is 0 Å². The van der Waals surface area contributed by atoms with Gasteiger partial charge < -0.3 is 4.74 Å². The fraction of sp³-hybridized carbons (Fsp3) is 0.526. The van der Waals surface area contributed by atoms with Crippen molar-refractivity contribution in [3.63, 3.8) is 0 Å². The van der Waals surface area contributed by atoms with Crippen LogP contribution in [0.3, 0.4) is 0 Å². The van der Waals surface area contributed by atoms with Crippen LogP contribution in [0.15, 0.2) is 24.3 Å². The molecule has 1 atom stereocenters. The monoisotopic (exact) mass is 363 g/mol. The van der Waals surface area contributed by atoms with Gasteiger partial charge in [-0.15, -0.1) is 0 Å². The van der Waals surface area contributed by atoms with Crippen LogP contribution < -0.4 is 5.32 Å². The Morgan fingerprint density at radius 3 is 2.28 bits per heavy atom. The summed E-state index contributed by atoms with van der Waals surface area (Å²) in [5.74, 6) is -0.299. The van der Waals surface area contributed by atoms with Gasteiger partial charge in [0.25, 0.3) is 0 Å². The van der Waals surface area contributed by atoms with Gasteiger partial charge in [-0.3, -0.25) is 14.9 Å². The quantitative estimate of drug-likeness (QED) is 0.505. The van der Waals surface area contributed by atoms with Crippen molar-refractivity contribution in [1.82, 2.24) is 5.32 Å². The molecule has 2 aliphatic carbocycles. The van der Waals surface area contributed by atoms with E-state index in [4.69, 9.17) is 16.3 Å². The number of Topliss-reactive ketones (excluding diaryl/α,β-unsaturated/α-hetero) is 1. The molecule has 1 aromatic rings. The minimum absolute atomic E-state index is 0.00208. The lowest BCUT2D eigenvalue weighted by molar-refractivity contribution is -0.154. The molecule has 0 saturated heterocycles. The van der Waals surface area contributed by atoms with E-state index in [1.807, 2.05) is 24.3 Å². The number of hydrogen-bond donors (Lipinski definition) is 1. The molecule has 0 aromatic heterocycles. The van der Waals surface area contributed by atoms with Gasteiger partial charge in [0.2, 0.25) is 10.8 Å². The van der Waals surface area contributed by atoms with Crippen molar-refractivity contribution in [2.45, 2.75) is 37.6 Å². The molecule has 0 bridgehead atoms. The maximum atomic E-state index is 12.7. The summed E-state index contributed by atoms with van der Waals surface area (Å²) in [6.45, 7) is 0.616. The first-order valence-electron chi connectivity index (χ1n) is 8.66. The summed E-state index contributed by atoms with van der Waals surface area (Å²) in [7, 11) is 1.34. The lowest BCUT2D eigenvalue weighted by Gasteiger charge is -2.36. The summed E-state index contributed by atoms with van der Waals surface area (Å²) >= 11 is 5.04. The molecule has 0 spiro atoms. The summed E-state index contributed by atoms with van der Waals surface area (Å²) in [4.78, 5) is 35.0. The van der Waals surface area contributed by atoms with Crippen LogP contribution in [0.4, 0.5) is 0 Å². The molecule has 1 N–H and O–H groups in total. The van der Waals surface area contributed by atoms with E-state index in [-0.39, 0.29) is 22.9 Å². The number of halogens is 1. The van der Waals surface area contributed by atoms with Gasteiger partial charge in [0.15, 0.2) is 5.78 Å². The third-order valence-corrected chi connectivity index (χ3v) is 5.22. The van der Waals surface area contributed by atoms with Crippen molar-refractivity contribution in [3.05, 3.63) is 35.4 Å². The zero-order chi connectivity index (χ0) is 18.0. The van der Waals surface area contributed by atoms with Gasteiger partial charge in [-0.05, 0) is 54.8 Å². The molecule has 2 saturated carbocycles. The number of fused-ring (bicyclic) bond motifs is 1. The fourth-order valence-electron chi connectivity index (χ4n) is 3.20. The number of methoxy groups -OCH3 is 1. The van der Waals surface area contributed by atoms with Crippen LogP contribution in [0.1, 0.15) is 36.8 Å². The van der Waals surface area contributed by atoms with E-state index >= 15 is 0 Å². The SMILES string of the molecule is COC(=O)C1(C(=O)C2CC2)NCCc2ccccc21.O=C(Cl)C1CC1. The van der Waals surface area contributed by atoms with E-state index in [1.54, 1.807) is 0 Å². The molecule has 0 amide bonds. The Morgan fingerprint density at radius 2 is 1.76 bits per heavy atom. The fourth-order valence-corrected chi connectivity index (χ4v) is 3.42. The number of hydrogen-bond acceptors (Lipinski definition) is 5. The minimum Gasteiger partial charge on any atom is -0.467 e. The van der Waals surface area contributed by atoms with Crippen molar-refractivity contribution in [1.29, 1.82) is 0 Å². The number of benzene rings is 1. The molecule has 1 heterocycles. The number of ketones is 1. The van der Waals surface area contributed by atoms with Gasteiger partial charge in [0.1, 0.15) is 0 Å². The molecule has 25 heavy (non-hydrogen) atoms. The molecule has 2 fully saturated rings. The molecule has 4 rings (SSSR count). The number of carbonyl (C=O) groups is 3. The number of rotatable bonds is 4. The molecule has 1 unspecified atom stereocenters. The average Bonchev–Trinajstić information content (AvgIpc) is 3.52. The van der Waals surface area contributed by atoms with Crippen LogP contribution in [-0.2, 0) is 31.1 Å². The second-order valence-corrected chi connectivity index (χ2v) is 7.16. The van der Waals surface area contributed by atoms with E-state index in [0.29, 0.717) is 6.54 Å². The smallest absolute Gasteiger partial charge is 0.338 e. The largest absolute Gasteiger partial charge is 0.467 e. The minimum atomic E-state index is -1.29. The van der Waals surface area contributed by atoms with Gasteiger partial charge in [-0.1, -0.05) is 24.3 Å². The molecular formula is C19H22ClNO4. The van der Waals surface area contributed by atoms with Gasteiger partial charge in [-0.2, -0.15) is 0 Å². The third-order valence-electron chi connectivity index (χ3n) is 4.91. The first-order valence-corrected chi connectivity index (χ1v) is 9.04. The highest BCUT2D eigenvalue weighted by atomic mass is 35.5. The normalized spacial score (nSPS) is 24.4. The van der Waals surface area contributed by atoms with Gasteiger partial charge in [-0.25, -0.2) is 4.79 Å². The maximum Gasteiger partial charge on any atom is 0.338 e. The van der Waals surface area contributed by atoms with E-state index in [0.717, 1.165) is 43.2 Å². The zero-order valence-corrected chi connectivity index (χ0v) is 15.0. The molecular weight excluding hydrogens is 342 g/mol. The van der Waals surface area contributed by atoms with Crippen molar-refractivity contribution in [2.24, 2.45) is 11.8 Å². The van der Waals surface area contributed by atoms with Crippen LogP contribution in [0, 0.1) is 11.8 Å². The lowest BCUT2D eigenvalue weighted by Crippen LogP contribution is -2.59. The highest BCUT2D eigenvalue weighted by Crippen LogP contribution is 2.40. The van der Waals surface area contributed by atoms with E-state index < -0.39 is 11.5 Å². The predicted molar refractivity (Wildman–Crippen MR) is 93.2 cm³/mol. The van der Waals surface area contributed by atoms with Crippen molar-refractivity contribution in [2.75, 3.05) is 13.7 Å². The molecule has 134 valence electrons. The maximum absolute atomic E-state index is 12.7. The third kappa shape index (κ3) is 3.62. The van der Waals surface area contributed by atoms with Crippen LogP contribution >= 0.6 is 11.6 Å². The van der Waals surface area contributed by atoms with Crippen LogP contribution in [-0.4, -0.2) is 30.6 Å². The van der Waals surface area contributed by atoms with Gasteiger partial charge in [0, 0.05) is 18.4 Å². The van der Waals surface area contributed by atoms with E-state index in [9.17, 15) is 14.4 Å². The first kappa shape index (κ1) is 18.1. The molecule has 6 heteroatoms. The molecule has 1 aromatic carbocycles. The van der Waals surface area contributed by atoms with E-state index in [1.165, 1.54) is 7.11 Å². The number of ether oxygens (including phenoxy) is 1. The Hall–Kier alpha value is -1.72. The summed E-state index contributed by atoms with van der Waals surface area (Å²) < 4.78 is 4.93. The number of carbonyl (C=O) groups excluding carboxylic acids is 3. The Labute approximate surface area is 152 Å². The van der Waals surface area contributed by atoms with Crippen molar-refractivity contribution in [3.8, 4) is 0 Å². The highest BCUT2D eigenvalue weighted by molar-refractivity contribution is 6.64. The Bertz CT molecular complexity index is 696. The standard InChI is InChI=1S/C15H17NO3.C4H5ClO/c1-19-14(18)15(13(17)11-6-7-11)12-5-3-2-4-10(12)8-9-16-15;5-4(6)3-1-2-3/h2-5,11,16H,6-9H2,1H3;3H,1-2H2. The average molecular weight is 364 g/mol. The predicted octanol–water partition coefficient (Wildman–Crippen LogP) is 2.34. The summed E-state index contributed by atoms with van der Waals surface area (Å²) in [6, 6.07) is 7.64. The van der Waals surface area contributed by atoms with Crippen LogP contribution in [0.5, 0.6) is 0 Å². The number of esters is 1. The molecule has 5 nitrogen and oxygen atoms in total. The Morgan fingerprint density at radius 1 is 1.12 bits per heavy atom. The highest BCUT2D eigenvalue weighted by Gasteiger charge is 2.54. The summed E-state index contributed by atoms with van der Waals surface area (Å²) in [6.07, 6.45) is 4.61. The molecule has 0 radical (unpaired) electrons. The van der Waals surface area contributed by atoms with E-state index in [2.05, 4.69) is 5.32 Å². The Balaban J connectivity index is 0.000000258. The second-order valence-electron chi connectivity index (χ2n) is 6.79.